The number of hydrogen-bond acceptors (Lipinski definition) is 5. The number of halogens is 1. The molecule has 0 radical (unpaired) electrons. The van der Waals surface area contributed by atoms with Gasteiger partial charge >= 0.3 is 12.8 Å². The molecule has 0 saturated carbocycles. The van der Waals surface area contributed by atoms with Crippen molar-refractivity contribution in [3.05, 3.63) is 79.6 Å². The third-order valence-corrected chi connectivity index (χ3v) is 6.89. The van der Waals surface area contributed by atoms with E-state index in [0.29, 0.717) is 16.2 Å². The van der Waals surface area contributed by atoms with Gasteiger partial charge in [0.05, 0.1) is 11.2 Å². The van der Waals surface area contributed by atoms with Crippen LogP contribution in [0.15, 0.2) is 52.2 Å². The molecule has 1 aromatic heterocycles. The Balaban J connectivity index is 1.68. The molecule has 1 aliphatic heterocycles. The summed E-state index contributed by atoms with van der Waals surface area (Å²) in [6.45, 7) is 9.77. The van der Waals surface area contributed by atoms with Gasteiger partial charge in [0.2, 0.25) is 0 Å². The van der Waals surface area contributed by atoms with E-state index in [1.165, 1.54) is 0 Å². The highest BCUT2D eigenvalue weighted by Gasteiger charge is 2.52. The molecule has 1 saturated heterocycles. The van der Waals surface area contributed by atoms with E-state index in [-0.39, 0.29) is 5.56 Å². The molecule has 10 heteroatoms. The van der Waals surface area contributed by atoms with Crippen LogP contribution in [0.25, 0.3) is 11.1 Å². The average Bonchev–Trinajstić information content (AvgIpc) is 2.96. The van der Waals surface area contributed by atoms with Crippen molar-refractivity contribution in [2.24, 2.45) is 0 Å². The van der Waals surface area contributed by atoms with Gasteiger partial charge in [-0.2, -0.15) is 0 Å². The molecule has 0 atom stereocenters. The van der Waals surface area contributed by atoms with Gasteiger partial charge in [-0.1, -0.05) is 41.9 Å². The zero-order chi connectivity index (χ0) is 24.8. The van der Waals surface area contributed by atoms with Crippen LogP contribution >= 0.6 is 11.6 Å². The second kappa shape index (κ2) is 8.58. The van der Waals surface area contributed by atoms with Gasteiger partial charge in [-0.3, -0.25) is 14.6 Å². The number of aromatic amines is 2. The molecule has 0 spiro atoms. The molecule has 4 rings (SSSR count). The number of carbonyl (C=O) groups is 1. The summed E-state index contributed by atoms with van der Waals surface area (Å²) >= 11 is 6.84. The quantitative estimate of drug-likeness (QED) is 0.495. The van der Waals surface area contributed by atoms with Crippen LogP contribution in [0.5, 0.6) is 0 Å². The number of anilines is 1. The van der Waals surface area contributed by atoms with Gasteiger partial charge < -0.3 is 19.6 Å². The van der Waals surface area contributed by atoms with Gasteiger partial charge in [0.1, 0.15) is 5.56 Å². The normalized spacial score (nSPS) is 16.5. The van der Waals surface area contributed by atoms with Crippen LogP contribution < -0.4 is 22.0 Å². The van der Waals surface area contributed by atoms with E-state index in [1.54, 1.807) is 12.1 Å². The molecule has 1 fully saturated rings. The fourth-order valence-electron chi connectivity index (χ4n) is 3.74. The van der Waals surface area contributed by atoms with E-state index in [0.717, 1.165) is 22.9 Å². The van der Waals surface area contributed by atoms with Gasteiger partial charge in [0.15, 0.2) is 0 Å². The van der Waals surface area contributed by atoms with E-state index >= 15 is 0 Å². The van der Waals surface area contributed by atoms with Crippen molar-refractivity contribution >= 4 is 35.8 Å². The number of rotatable bonds is 4. The smallest absolute Gasteiger partial charge is 0.399 e. The number of aromatic nitrogens is 2. The van der Waals surface area contributed by atoms with Crippen molar-refractivity contribution in [1.29, 1.82) is 0 Å². The maximum atomic E-state index is 12.7. The second-order valence-corrected chi connectivity index (χ2v) is 9.59. The second-order valence-electron chi connectivity index (χ2n) is 9.21. The van der Waals surface area contributed by atoms with Gasteiger partial charge in [-0.05, 0) is 51.8 Å². The lowest BCUT2D eigenvalue weighted by Crippen LogP contribution is -2.41. The number of H-pyrrole nitrogens is 2. The Kier molecular flexibility index (Phi) is 6.05. The summed E-state index contributed by atoms with van der Waals surface area (Å²) < 4.78 is 12.4. The lowest BCUT2D eigenvalue weighted by atomic mass is 9.77. The lowest BCUT2D eigenvalue weighted by Gasteiger charge is -2.32. The topological polar surface area (TPSA) is 113 Å². The van der Waals surface area contributed by atoms with Crippen LogP contribution in [0.2, 0.25) is 5.02 Å². The summed E-state index contributed by atoms with van der Waals surface area (Å²) in [6, 6.07) is 11.0. The first kappa shape index (κ1) is 24.0. The highest BCUT2D eigenvalue weighted by Crippen LogP contribution is 2.38. The molecule has 34 heavy (non-hydrogen) atoms. The summed E-state index contributed by atoms with van der Waals surface area (Å²) in [5.74, 6) is -0.644. The number of amides is 1. The van der Waals surface area contributed by atoms with Crippen molar-refractivity contribution in [1.82, 2.24) is 9.97 Å². The molecule has 0 unspecified atom stereocenters. The Morgan fingerprint density at radius 2 is 1.62 bits per heavy atom. The summed E-state index contributed by atoms with van der Waals surface area (Å²) in [7, 11) is -0.618. The number of carbonyl (C=O) groups excluding carboxylic acids is 1. The fourth-order valence-corrected chi connectivity index (χ4v) is 4.06. The first-order valence-electron chi connectivity index (χ1n) is 10.8. The molecule has 0 aliphatic carbocycles. The third-order valence-electron chi connectivity index (χ3n) is 6.47. The maximum Gasteiger partial charge on any atom is 0.496 e. The Hall–Kier alpha value is -3.14. The summed E-state index contributed by atoms with van der Waals surface area (Å²) in [5, 5.41) is 3.22. The van der Waals surface area contributed by atoms with Crippen LogP contribution in [0.4, 0.5) is 5.69 Å². The highest BCUT2D eigenvalue weighted by molar-refractivity contribution is 6.66. The molecule has 1 amide bonds. The Labute approximate surface area is 201 Å². The largest absolute Gasteiger partial charge is 0.496 e. The Bertz CT molecular complexity index is 1380. The maximum absolute atomic E-state index is 12.7. The Morgan fingerprint density at radius 3 is 2.26 bits per heavy atom. The molecule has 2 aromatic carbocycles. The fraction of sp³-hybridized carbons (Fsp3) is 0.292. The van der Waals surface area contributed by atoms with Crippen LogP contribution in [0, 0.1) is 6.92 Å². The van der Waals surface area contributed by atoms with Crippen LogP contribution in [0.1, 0.15) is 43.6 Å². The van der Waals surface area contributed by atoms with Gasteiger partial charge in [0.25, 0.3) is 11.5 Å². The molecule has 2 heterocycles. The Morgan fingerprint density at radius 1 is 1.00 bits per heavy atom. The molecule has 0 bridgehead atoms. The van der Waals surface area contributed by atoms with Gasteiger partial charge in [-0.25, -0.2) is 4.79 Å². The van der Waals surface area contributed by atoms with Crippen molar-refractivity contribution in [2.45, 2.75) is 45.8 Å². The standard InChI is InChI=1S/C24H25BClN3O5/c1-13-14(8-7-11-18(13)28-20(30)16-12-27-22(32)29-21(16)31)15-9-6-10-17(19(15)26)25-33-23(2,3)24(4,5)34-25/h6-12H,1-5H3,(H,28,30)(H2,27,29,31,32). The molecule has 176 valence electrons. The third kappa shape index (κ3) is 4.22. The molecule has 1 aliphatic rings. The number of hydrogen-bond donors (Lipinski definition) is 3. The van der Waals surface area contributed by atoms with Crippen molar-refractivity contribution in [3.8, 4) is 11.1 Å². The summed E-state index contributed by atoms with van der Waals surface area (Å²) in [6.07, 6.45) is 1.08. The average molecular weight is 482 g/mol. The molecule has 3 N–H and O–H groups in total. The summed E-state index contributed by atoms with van der Waals surface area (Å²) in [5.41, 5.74) is 0.866. The van der Waals surface area contributed by atoms with Crippen molar-refractivity contribution in [3.63, 3.8) is 0 Å². The minimum atomic E-state index is -0.770. The van der Waals surface area contributed by atoms with Gasteiger partial charge in [0, 0.05) is 27.9 Å². The number of nitrogens with one attached hydrogen (secondary N) is 3. The molecular formula is C24H25BClN3O5. The van der Waals surface area contributed by atoms with E-state index in [9.17, 15) is 14.4 Å². The van der Waals surface area contributed by atoms with Gasteiger partial charge in [-0.15, -0.1) is 0 Å². The minimum Gasteiger partial charge on any atom is -0.399 e. The number of benzene rings is 2. The SMILES string of the molecule is Cc1c(NC(=O)c2c[nH]c(=O)[nH]c2=O)cccc1-c1cccc(B2OC(C)(C)C(C)(C)O2)c1Cl. The van der Waals surface area contributed by atoms with E-state index in [1.807, 2.05) is 63.9 Å². The predicted octanol–water partition coefficient (Wildman–Crippen LogP) is 3.24. The lowest BCUT2D eigenvalue weighted by molar-refractivity contribution is 0.00578. The van der Waals surface area contributed by atoms with Crippen LogP contribution in [-0.2, 0) is 9.31 Å². The molecule has 3 aromatic rings. The van der Waals surface area contributed by atoms with E-state index < -0.39 is 35.5 Å². The van der Waals surface area contributed by atoms with Crippen molar-refractivity contribution < 1.29 is 14.1 Å². The molecule has 8 nitrogen and oxygen atoms in total. The minimum absolute atomic E-state index is 0.204. The first-order valence-corrected chi connectivity index (χ1v) is 11.2. The monoisotopic (exact) mass is 481 g/mol. The van der Waals surface area contributed by atoms with Crippen LogP contribution in [0.3, 0.4) is 0 Å². The molecular weight excluding hydrogens is 457 g/mol. The zero-order valence-corrected chi connectivity index (χ0v) is 20.3. The van der Waals surface area contributed by atoms with E-state index in [4.69, 9.17) is 20.9 Å². The summed E-state index contributed by atoms with van der Waals surface area (Å²) in [4.78, 5) is 40.2. The van der Waals surface area contributed by atoms with E-state index in [2.05, 4.69) is 10.3 Å². The highest BCUT2D eigenvalue weighted by atomic mass is 35.5. The predicted molar refractivity (Wildman–Crippen MR) is 133 cm³/mol. The zero-order valence-electron chi connectivity index (χ0n) is 19.5. The van der Waals surface area contributed by atoms with Crippen LogP contribution in [-0.4, -0.2) is 34.2 Å². The van der Waals surface area contributed by atoms with Crippen molar-refractivity contribution in [2.75, 3.05) is 5.32 Å². The first-order chi connectivity index (χ1) is 15.9.